The first-order valence-corrected chi connectivity index (χ1v) is 9.43. The number of hydrogen-bond acceptors (Lipinski definition) is 1. The Morgan fingerprint density at radius 2 is 1.04 bits per heavy atom. The fraction of sp³-hybridized carbons (Fsp3) is 0.0769. The molecule has 0 N–H and O–H groups in total. The van der Waals surface area contributed by atoms with Gasteiger partial charge in [-0.2, -0.15) is 0 Å². The highest BCUT2D eigenvalue weighted by Crippen LogP contribution is 2.43. The van der Waals surface area contributed by atoms with Gasteiger partial charge in [0.2, 0.25) is 0 Å². The third-order valence-corrected chi connectivity index (χ3v) is 5.36. The summed E-state index contributed by atoms with van der Waals surface area (Å²) in [5.41, 5.74) is 10.3. The molecule has 0 radical (unpaired) electrons. The van der Waals surface area contributed by atoms with E-state index in [4.69, 9.17) is 0 Å². The molecule has 0 bridgehead atoms. The summed E-state index contributed by atoms with van der Waals surface area (Å²) < 4.78 is 0. The van der Waals surface area contributed by atoms with E-state index in [1.807, 2.05) is 0 Å². The average molecular weight is 347 g/mol. The van der Waals surface area contributed by atoms with Gasteiger partial charge in [-0.05, 0) is 53.4 Å². The molecular formula is C26H21N. The van der Waals surface area contributed by atoms with Crippen molar-refractivity contribution in [1.82, 2.24) is 0 Å². The molecule has 0 spiro atoms. The lowest BCUT2D eigenvalue weighted by Gasteiger charge is -2.33. The summed E-state index contributed by atoms with van der Waals surface area (Å²) in [7, 11) is 0. The minimum absolute atomic E-state index is 0.990. The quantitative estimate of drug-likeness (QED) is 0.331. The van der Waals surface area contributed by atoms with Gasteiger partial charge in [-0.3, -0.25) is 0 Å². The first-order valence-electron chi connectivity index (χ1n) is 9.43. The third-order valence-electron chi connectivity index (χ3n) is 5.36. The second-order valence-corrected chi connectivity index (χ2v) is 7.18. The van der Waals surface area contributed by atoms with E-state index in [9.17, 15) is 0 Å². The van der Waals surface area contributed by atoms with Crippen LogP contribution in [0.5, 0.6) is 0 Å². The van der Waals surface area contributed by atoms with E-state index in [1.165, 1.54) is 44.9 Å². The third kappa shape index (κ3) is 2.82. The Bertz CT molecular complexity index is 1050. The number of anilines is 3. The summed E-state index contributed by atoms with van der Waals surface area (Å²) in [4.78, 5) is 2.38. The van der Waals surface area contributed by atoms with Crippen molar-refractivity contribution >= 4 is 17.1 Å². The Balaban J connectivity index is 1.59. The summed E-state index contributed by atoms with van der Waals surface area (Å²) in [6, 6.07) is 35.0. The molecule has 1 heterocycles. The lowest BCUT2D eigenvalue weighted by molar-refractivity contribution is 1.09. The number of benzene rings is 4. The van der Waals surface area contributed by atoms with Crippen molar-refractivity contribution in [3.63, 3.8) is 0 Å². The van der Waals surface area contributed by atoms with Crippen molar-refractivity contribution in [3.05, 3.63) is 114 Å². The molecule has 5 rings (SSSR count). The second-order valence-electron chi connectivity index (χ2n) is 7.18. The Kier molecular flexibility index (Phi) is 3.79. The number of fused-ring (bicyclic) bond motifs is 2. The van der Waals surface area contributed by atoms with Gasteiger partial charge in [0.05, 0.1) is 0 Å². The molecule has 0 aliphatic carbocycles. The van der Waals surface area contributed by atoms with Crippen LogP contribution in [0.1, 0.15) is 16.7 Å². The van der Waals surface area contributed by atoms with Crippen LogP contribution in [0.15, 0.2) is 97.1 Å². The van der Waals surface area contributed by atoms with E-state index in [0.29, 0.717) is 0 Å². The van der Waals surface area contributed by atoms with Crippen molar-refractivity contribution in [2.75, 3.05) is 4.90 Å². The van der Waals surface area contributed by atoms with Crippen molar-refractivity contribution in [1.29, 1.82) is 0 Å². The van der Waals surface area contributed by atoms with Gasteiger partial charge in [-0.1, -0.05) is 78.4 Å². The molecule has 1 aliphatic heterocycles. The fourth-order valence-electron chi connectivity index (χ4n) is 3.92. The van der Waals surface area contributed by atoms with Crippen molar-refractivity contribution in [2.45, 2.75) is 13.3 Å². The molecule has 0 saturated heterocycles. The van der Waals surface area contributed by atoms with Crippen LogP contribution in [0.2, 0.25) is 0 Å². The Hall–Kier alpha value is -3.32. The largest absolute Gasteiger partial charge is 0.310 e. The zero-order valence-corrected chi connectivity index (χ0v) is 15.4. The molecule has 27 heavy (non-hydrogen) atoms. The molecule has 0 saturated carbocycles. The molecule has 4 aromatic carbocycles. The number of para-hydroxylation sites is 2. The molecule has 1 aliphatic rings. The molecule has 0 amide bonds. The summed E-state index contributed by atoms with van der Waals surface area (Å²) in [5, 5.41) is 0. The number of rotatable bonds is 2. The van der Waals surface area contributed by atoms with Gasteiger partial charge < -0.3 is 4.90 Å². The van der Waals surface area contributed by atoms with Crippen molar-refractivity contribution < 1.29 is 0 Å². The molecule has 0 unspecified atom stereocenters. The maximum Gasteiger partial charge on any atom is 0.0497 e. The predicted molar refractivity (Wildman–Crippen MR) is 114 cm³/mol. The molecule has 1 nitrogen and oxygen atoms in total. The van der Waals surface area contributed by atoms with Gasteiger partial charge in [-0.15, -0.1) is 0 Å². The van der Waals surface area contributed by atoms with Gasteiger partial charge in [0.25, 0.3) is 0 Å². The molecule has 0 fully saturated rings. The van der Waals surface area contributed by atoms with Crippen molar-refractivity contribution in [2.24, 2.45) is 0 Å². The van der Waals surface area contributed by atoms with Gasteiger partial charge in [0, 0.05) is 23.5 Å². The van der Waals surface area contributed by atoms with Gasteiger partial charge in [0.1, 0.15) is 0 Å². The first kappa shape index (κ1) is 15.9. The first-order chi connectivity index (χ1) is 13.3. The van der Waals surface area contributed by atoms with E-state index in [2.05, 4.69) is 109 Å². The van der Waals surface area contributed by atoms with Crippen LogP contribution in [0.25, 0.3) is 11.1 Å². The van der Waals surface area contributed by atoms with Gasteiger partial charge >= 0.3 is 0 Å². The molecule has 0 atom stereocenters. The molecule has 130 valence electrons. The highest BCUT2D eigenvalue weighted by atomic mass is 15.2. The monoisotopic (exact) mass is 347 g/mol. The normalized spacial score (nSPS) is 12.4. The summed E-state index contributed by atoms with van der Waals surface area (Å²) in [6.45, 7) is 2.12. The van der Waals surface area contributed by atoms with E-state index >= 15 is 0 Å². The summed E-state index contributed by atoms with van der Waals surface area (Å²) >= 11 is 0. The number of nitrogens with zero attached hydrogens (tertiary/aromatic N) is 1. The van der Waals surface area contributed by atoms with Crippen LogP contribution in [0.4, 0.5) is 17.1 Å². The Morgan fingerprint density at radius 3 is 1.59 bits per heavy atom. The summed E-state index contributed by atoms with van der Waals surface area (Å²) in [5.74, 6) is 0. The SMILES string of the molecule is Cc1ccc(-c2ccc(N3c4ccccc4Cc4ccccc43)cc2)cc1. The average Bonchev–Trinajstić information content (AvgIpc) is 2.73. The molecule has 4 aromatic rings. The topological polar surface area (TPSA) is 3.24 Å². The zero-order valence-electron chi connectivity index (χ0n) is 15.4. The van der Waals surface area contributed by atoms with Crippen LogP contribution in [0.3, 0.4) is 0 Å². The maximum absolute atomic E-state index is 2.38. The van der Waals surface area contributed by atoms with Crippen LogP contribution in [0, 0.1) is 6.92 Å². The second kappa shape index (κ2) is 6.44. The van der Waals surface area contributed by atoms with E-state index in [1.54, 1.807) is 0 Å². The minimum atomic E-state index is 0.990. The molecule has 0 aromatic heterocycles. The lowest BCUT2D eigenvalue weighted by Crippen LogP contribution is -2.18. The number of aryl methyl sites for hydroxylation is 1. The van der Waals surface area contributed by atoms with Crippen LogP contribution >= 0.6 is 0 Å². The number of hydrogen-bond donors (Lipinski definition) is 0. The van der Waals surface area contributed by atoms with Gasteiger partial charge in [0.15, 0.2) is 0 Å². The predicted octanol–water partition coefficient (Wildman–Crippen LogP) is 7.04. The Labute approximate surface area is 160 Å². The van der Waals surface area contributed by atoms with E-state index in [-0.39, 0.29) is 0 Å². The van der Waals surface area contributed by atoms with Crippen molar-refractivity contribution in [3.8, 4) is 11.1 Å². The Morgan fingerprint density at radius 1 is 0.556 bits per heavy atom. The highest BCUT2D eigenvalue weighted by molar-refractivity contribution is 5.84. The van der Waals surface area contributed by atoms with Crippen LogP contribution in [-0.4, -0.2) is 0 Å². The van der Waals surface area contributed by atoms with E-state index < -0.39 is 0 Å². The van der Waals surface area contributed by atoms with E-state index in [0.717, 1.165) is 6.42 Å². The highest BCUT2D eigenvalue weighted by Gasteiger charge is 2.23. The zero-order chi connectivity index (χ0) is 18.2. The van der Waals surface area contributed by atoms with Gasteiger partial charge in [-0.25, -0.2) is 0 Å². The van der Waals surface area contributed by atoms with Crippen LogP contribution in [-0.2, 0) is 6.42 Å². The maximum atomic E-state index is 2.38. The summed E-state index contributed by atoms with van der Waals surface area (Å²) in [6.07, 6.45) is 0.990. The minimum Gasteiger partial charge on any atom is -0.310 e. The molecular weight excluding hydrogens is 326 g/mol. The van der Waals surface area contributed by atoms with Crippen LogP contribution < -0.4 is 4.90 Å². The fourth-order valence-corrected chi connectivity index (χ4v) is 3.92. The smallest absolute Gasteiger partial charge is 0.0497 e. The standard InChI is InChI=1S/C26H21N/c1-19-10-12-20(13-11-19)21-14-16-24(17-15-21)27-25-8-4-2-6-22(25)18-23-7-3-5-9-26(23)27/h2-17H,18H2,1H3. The molecule has 1 heteroatoms. The lowest BCUT2D eigenvalue weighted by atomic mass is 9.95.